The summed E-state index contributed by atoms with van der Waals surface area (Å²) in [5, 5.41) is 3.70. The van der Waals surface area contributed by atoms with Crippen molar-refractivity contribution < 1.29 is 0 Å². The smallest absolute Gasteiger partial charge is 0.0356 e. The highest BCUT2D eigenvalue weighted by Gasteiger charge is 2.23. The lowest BCUT2D eigenvalue weighted by atomic mass is 9.94. The summed E-state index contributed by atoms with van der Waals surface area (Å²) in [6.45, 7) is 6.58. The summed E-state index contributed by atoms with van der Waals surface area (Å²) >= 11 is 1.99. The maximum atomic E-state index is 4.33. The molecule has 0 aliphatic heterocycles. The Bertz CT molecular complexity index is 452. The lowest BCUT2D eigenvalue weighted by Crippen LogP contribution is -2.29. The minimum Gasteiger partial charge on any atom is -0.382 e. The average Bonchev–Trinajstić information content (AvgIpc) is 2.89. The van der Waals surface area contributed by atoms with Crippen molar-refractivity contribution in [3.8, 4) is 0 Å². The molecular formula is C16H23NS. The van der Waals surface area contributed by atoms with Gasteiger partial charge in [-0.3, -0.25) is 0 Å². The highest BCUT2D eigenvalue weighted by Crippen LogP contribution is 2.38. The van der Waals surface area contributed by atoms with Crippen LogP contribution in [-0.4, -0.2) is 6.04 Å². The van der Waals surface area contributed by atoms with E-state index in [0.29, 0.717) is 6.04 Å². The largest absolute Gasteiger partial charge is 0.382 e. The van der Waals surface area contributed by atoms with Crippen molar-refractivity contribution in [2.24, 2.45) is 0 Å². The van der Waals surface area contributed by atoms with Crippen LogP contribution < -0.4 is 5.32 Å². The van der Waals surface area contributed by atoms with E-state index >= 15 is 0 Å². The van der Waals surface area contributed by atoms with Crippen LogP contribution in [0.5, 0.6) is 0 Å². The number of hydrogen-bond donors (Lipinski definition) is 1. The molecule has 1 aromatic heterocycles. The third-order valence-corrected chi connectivity index (χ3v) is 5.59. The van der Waals surface area contributed by atoms with Crippen LogP contribution in [0.15, 0.2) is 6.58 Å². The van der Waals surface area contributed by atoms with Crippen molar-refractivity contribution in [1.82, 2.24) is 5.32 Å². The molecule has 0 spiro atoms. The number of fused-ring (bicyclic) bond motifs is 1. The fraction of sp³-hybridized carbons (Fsp3) is 0.625. The molecule has 0 saturated heterocycles. The summed E-state index contributed by atoms with van der Waals surface area (Å²) < 4.78 is 0. The molecule has 1 nitrogen and oxygen atoms in total. The molecule has 98 valence electrons. The van der Waals surface area contributed by atoms with Crippen LogP contribution >= 0.6 is 11.3 Å². The first-order chi connectivity index (χ1) is 8.75. The predicted molar refractivity (Wildman–Crippen MR) is 80.1 cm³/mol. The summed E-state index contributed by atoms with van der Waals surface area (Å²) in [5.41, 5.74) is 4.25. The van der Waals surface area contributed by atoms with Crippen LogP contribution in [0.1, 0.15) is 59.4 Å². The van der Waals surface area contributed by atoms with E-state index in [0.717, 1.165) is 0 Å². The molecule has 1 heterocycles. The van der Waals surface area contributed by atoms with Gasteiger partial charge in [-0.1, -0.05) is 25.8 Å². The van der Waals surface area contributed by atoms with Crippen LogP contribution in [0.3, 0.4) is 0 Å². The molecule has 0 aromatic carbocycles. The molecule has 1 aromatic rings. The van der Waals surface area contributed by atoms with Gasteiger partial charge in [0, 0.05) is 27.1 Å². The number of hydrogen-bond acceptors (Lipinski definition) is 2. The minimum absolute atomic E-state index is 0.669. The van der Waals surface area contributed by atoms with Crippen LogP contribution in [0, 0.1) is 6.92 Å². The lowest BCUT2D eigenvalue weighted by Gasteiger charge is -2.25. The monoisotopic (exact) mass is 261 g/mol. The zero-order valence-electron chi connectivity index (χ0n) is 11.3. The van der Waals surface area contributed by atoms with Gasteiger partial charge < -0.3 is 5.32 Å². The first-order valence-corrected chi connectivity index (χ1v) is 8.14. The molecule has 0 amide bonds. The lowest BCUT2D eigenvalue weighted by molar-refractivity contribution is 0.409. The standard InChI is InChI=1S/C16H23NS/c1-11(17-13-7-4-3-5-8-13)16-12(2)18-15-10-6-9-14(15)16/h13,17H,1,3-10H2,2H3. The van der Waals surface area contributed by atoms with Gasteiger partial charge in [-0.05, 0) is 44.6 Å². The van der Waals surface area contributed by atoms with Gasteiger partial charge in [0.25, 0.3) is 0 Å². The fourth-order valence-electron chi connectivity index (χ4n) is 3.50. The Balaban J connectivity index is 1.75. The van der Waals surface area contributed by atoms with Crippen LogP contribution in [0.25, 0.3) is 5.70 Å². The molecule has 2 aliphatic rings. The highest BCUT2D eigenvalue weighted by molar-refractivity contribution is 7.12. The van der Waals surface area contributed by atoms with Crippen molar-refractivity contribution in [2.45, 2.75) is 64.3 Å². The molecule has 1 N–H and O–H groups in total. The van der Waals surface area contributed by atoms with E-state index in [1.807, 2.05) is 11.3 Å². The maximum Gasteiger partial charge on any atom is 0.0356 e. The Kier molecular flexibility index (Phi) is 3.47. The third kappa shape index (κ3) is 2.23. The number of nitrogens with one attached hydrogen (secondary N) is 1. The second kappa shape index (κ2) is 5.08. The predicted octanol–water partition coefficient (Wildman–Crippen LogP) is 4.44. The zero-order valence-corrected chi connectivity index (χ0v) is 12.2. The second-order valence-electron chi connectivity index (χ2n) is 5.75. The van der Waals surface area contributed by atoms with E-state index in [4.69, 9.17) is 0 Å². The van der Waals surface area contributed by atoms with E-state index in [1.165, 1.54) is 67.5 Å². The number of aryl methyl sites for hydroxylation is 2. The van der Waals surface area contributed by atoms with Gasteiger partial charge in [-0.25, -0.2) is 0 Å². The van der Waals surface area contributed by atoms with E-state index < -0.39 is 0 Å². The molecular weight excluding hydrogens is 238 g/mol. The van der Waals surface area contributed by atoms with Gasteiger partial charge in [-0.15, -0.1) is 11.3 Å². The molecule has 3 rings (SSSR count). The zero-order chi connectivity index (χ0) is 12.5. The Hall–Kier alpha value is -0.760. The molecule has 1 saturated carbocycles. The van der Waals surface area contributed by atoms with Crippen molar-refractivity contribution in [3.63, 3.8) is 0 Å². The van der Waals surface area contributed by atoms with Crippen molar-refractivity contribution in [1.29, 1.82) is 0 Å². The van der Waals surface area contributed by atoms with Gasteiger partial charge in [0.1, 0.15) is 0 Å². The quantitative estimate of drug-likeness (QED) is 0.848. The summed E-state index contributed by atoms with van der Waals surface area (Å²) in [4.78, 5) is 3.09. The van der Waals surface area contributed by atoms with Crippen LogP contribution in [-0.2, 0) is 12.8 Å². The van der Waals surface area contributed by atoms with Crippen molar-refractivity contribution in [2.75, 3.05) is 0 Å². The van der Waals surface area contributed by atoms with Gasteiger partial charge in [0.15, 0.2) is 0 Å². The molecule has 0 unspecified atom stereocenters. The van der Waals surface area contributed by atoms with Gasteiger partial charge in [-0.2, -0.15) is 0 Å². The fourth-order valence-corrected chi connectivity index (χ4v) is 4.79. The first-order valence-electron chi connectivity index (χ1n) is 7.32. The number of thiophene rings is 1. The number of rotatable bonds is 3. The van der Waals surface area contributed by atoms with Gasteiger partial charge in [0.2, 0.25) is 0 Å². The Morgan fingerprint density at radius 1 is 1.17 bits per heavy atom. The van der Waals surface area contributed by atoms with Crippen LogP contribution in [0.2, 0.25) is 0 Å². The Labute approximate surface area is 114 Å². The maximum absolute atomic E-state index is 4.33. The third-order valence-electron chi connectivity index (χ3n) is 4.38. The van der Waals surface area contributed by atoms with E-state index in [-0.39, 0.29) is 0 Å². The molecule has 18 heavy (non-hydrogen) atoms. The minimum atomic E-state index is 0.669. The van der Waals surface area contributed by atoms with Crippen molar-refractivity contribution in [3.05, 3.63) is 27.5 Å². The summed E-state index contributed by atoms with van der Waals surface area (Å²) in [6.07, 6.45) is 10.7. The Morgan fingerprint density at radius 2 is 1.94 bits per heavy atom. The molecule has 0 radical (unpaired) electrons. The summed E-state index contributed by atoms with van der Waals surface area (Å²) in [7, 11) is 0. The highest BCUT2D eigenvalue weighted by atomic mass is 32.1. The summed E-state index contributed by atoms with van der Waals surface area (Å²) in [5.74, 6) is 0. The van der Waals surface area contributed by atoms with E-state index in [9.17, 15) is 0 Å². The topological polar surface area (TPSA) is 12.0 Å². The normalized spacial score (nSPS) is 19.8. The van der Waals surface area contributed by atoms with Gasteiger partial charge in [0.05, 0.1) is 0 Å². The molecule has 0 bridgehead atoms. The Morgan fingerprint density at radius 3 is 2.72 bits per heavy atom. The van der Waals surface area contributed by atoms with Gasteiger partial charge >= 0.3 is 0 Å². The second-order valence-corrected chi connectivity index (χ2v) is 7.06. The molecule has 1 fully saturated rings. The first kappa shape index (κ1) is 12.3. The molecule has 2 aliphatic carbocycles. The van der Waals surface area contributed by atoms with Crippen LogP contribution in [0.4, 0.5) is 0 Å². The summed E-state index contributed by atoms with van der Waals surface area (Å²) in [6, 6.07) is 0.669. The van der Waals surface area contributed by atoms with E-state index in [1.54, 1.807) is 10.4 Å². The molecule has 0 atom stereocenters. The van der Waals surface area contributed by atoms with Crippen molar-refractivity contribution >= 4 is 17.0 Å². The SMILES string of the molecule is C=C(NC1CCCCC1)c1c(C)sc2c1CCC2. The van der Waals surface area contributed by atoms with E-state index in [2.05, 4.69) is 18.8 Å². The molecule has 2 heteroatoms. The average molecular weight is 261 g/mol.